The first-order valence-electron chi connectivity index (χ1n) is 9.92. The fraction of sp³-hybridized carbons (Fsp3) is 0.524. The fourth-order valence-electron chi connectivity index (χ4n) is 4.98. The first-order valence-corrected chi connectivity index (χ1v) is 9.92. The lowest BCUT2D eigenvalue weighted by Crippen LogP contribution is -2.35. The van der Waals surface area contributed by atoms with Crippen molar-refractivity contribution >= 4 is 29.4 Å². The second kappa shape index (κ2) is 7.85. The maximum Gasteiger partial charge on any atom is 0.308 e. The van der Waals surface area contributed by atoms with Gasteiger partial charge in [0.15, 0.2) is 6.61 Å². The number of nitrogens with one attached hydrogen (secondary N) is 1. The molecule has 1 aromatic rings. The standard InChI is InChI=1S/C21H24N2O6/c1-28-15-6-4-14(5-7-15)22-16(24)11-29-17(25)8-9-23-20(26)18-12-2-3-13(10-12)19(18)21(23)27/h4-7,12-13,18-19H,2-3,8-11H2,1H3,(H,22,24)/t12-,13-,18-,19-/m0/s1. The molecule has 154 valence electrons. The molecule has 3 aliphatic rings. The van der Waals surface area contributed by atoms with Gasteiger partial charge in [-0.1, -0.05) is 0 Å². The second-order valence-electron chi connectivity index (χ2n) is 7.90. The lowest BCUT2D eigenvalue weighted by Gasteiger charge is -2.19. The van der Waals surface area contributed by atoms with Gasteiger partial charge in [0, 0.05) is 12.2 Å². The van der Waals surface area contributed by atoms with Gasteiger partial charge in [0.05, 0.1) is 25.4 Å². The number of carbonyl (C=O) groups is 4. The number of rotatable bonds is 7. The molecule has 2 bridgehead atoms. The molecule has 0 unspecified atom stereocenters. The van der Waals surface area contributed by atoms with Crippen molar-refractivity contribution in [2.75, 3.05) is 25.6 Å². The van der Waals surface area contributed by atoms with Gasteiger partial charge in [0.2, 0.25) is 11.8 Å². The van der Waals surface area contributed by atoms with Gasteiger partial charge in [-0.3, -0.25) is 24.1 Å². The van der Waals surface area contributed by atoms with Crippen LogP contribution in [0.1, 0.15) is 25.7 Å². The SMILES string of the molecule is COc1ccc(NC(=O)COC(=O)CCN2C(=O)[C@H]3[C@H]4CC[C@@H](C4)[C@@H]3C2=O)cc1. The maximum atomic E-state index is 12.6. The van der Waals surface area contributed by atoms with Crippen molar-refractivity contribution in [3.05, 3.63) is 24.3 Å². The van der Waals surface area contributed by atoms with Crippen molar-refractivity contribution in [1.82, 2.24) is 4.90 Å². The van der Waals surface area contributed by atoms with Gasteiger partial charge in [-0.2, -0.15) is 0 Å². The van der Waals surface area contributed by atoms with Crippen molar-refractivity contribution in [3.8, 4) is 5.75 Å². The Hall–Kier alpha value is -2.90. The van der Waals surface area contributed by atoms with Crippen LogP contribution < -0.4 is 10.1 Å². The zero-order valence-electron chi connectivity index (χ0n) is 16.3. The molecule has 3 fully saturated rings. The van der Waals surface area contributed by atoms with Crippen LogP contribution in [0.25, 0.3) is 0 Å². The molecule has 4 rings (SSSR count). The zero-order valence-corrected chi connectivity index (χ0v) is 16.3. The number of ether oxygens (including phenoxy) is 2. The molecule has 2 saturated carbocycles. The third-order valence-corrected chi connectivity index (χ3v) is 6.30. The Morgan fingerprint density at radius 3 is 2.28 bits per heavy atom. The summed E-state index contributed by atoms with van der Waals surface area (Å²) < 4.78 is 10.0. The third kappa shape index (κ3) is 3.71. The molecule has 4 atom stereocenters. The predicted octanol–water partition coefficient (Wildman–Crippen LogP) is 1.60. The van der Waals surface area contributed by atoms with E-state index in [9.17, 15) is 19.2 Å². The van der Waals surface area contributed by atoms with E-state index < -0.39 is 18.5 Å². The minimum Gasteiger partial charge on any atom is -0.497 e. The maximum absolute atomic E-state index is 12.6. The Bertz CT molecular complexity index is 808. The first-order chi connectivity index (χ1) is 14.0. The summed E-state index contributed by atoms with van der Waals surface area (Å²) in [6.07, 6.45) is 2.90. The van der Waals surface area contributed by atoms with Crippen molar-refractivity contribution in [1.29, 1.82) is 0 Å². The fourth-order valence-corrected chi connectivity index (χ4v) is 4.98. The van der Waals surface area contributed by atoms with Crippen LogP contribution in [-0.2, 0) is 23.9 Å². The van der Waals surface area contributed by atoms with Crippen LogP contribution in [0.5, 0.6) is 5.75 Å². The molecular formula is C21H24N2O6. The van der Waals surface area contributed by atoms with E-state index in [4.69, 9.17) is 9.47 Å². The number of anilines is 1. The number of nitrogens with zero attached hydrogens (tertiary/aromatic N) is 1. The number of hydrogen-bond donors (Lipinski definition) is 1. The van der Waals surface area contributed by atoms with Crippen LogP contribution in [0.2, 0.25) is 0 Å². The van der Waals surface area contributed by atoms with E-state index in [-0.39, 0.29) is 36.6 Å². The van der Waals surface area contributed by atoms with Gasteiger partial charge in [-0.05, 0) is 55.4 Å². The van der Waals surface area contributed by atoms with Crippen LogP contribution in [-0.4, -0.2) is 48.9 Å². The number of carbonyl (C=O) groups excluding carboxylic acids is 4. The van der Waals surface area contributed by atoms with E-state index in [0.29, 0.717) is 23.3 Å². The van der Waals surface area contributed by atoms with E-state index in [0.717, 1.165) is 19.3 Å². The Kier molecular flexibility index (Phi) is 5.25. The molecule has 1 heterocycles. The smallest absolute Gasteiger partial charge is 0.308 e. The average molecular weight is 400 g/mol. The molecule has 0 aromatic heterocycles. The van der Waals surface area contributed by atoms with Crippen LogP contribution in [0, 0.1) is 23.7 Å². The van der Waals surface area contributed by atoms with E-state index in [1.54, 1.807) is 31.4 Å². The summed E-state index contributed by atoms with van der Waals surface area (Å²) in [7, 11) is 1.55. The van der Waals surface area contributed by atoms with Crippen LogP contribution in [0.15, 0.2) is 24.3 Å². The highest BCUT2D eigenvalue weighted by molar-refractivity contribution is 6.06. The summed E-state index contributed by atoms with van der Waals surface area (Å²) in [6, 6.07) is 6.75. The van der Waals surface area contributed by atoms with Gasteiger partial charge in [0.25, 0.3) is 5.91 Å². The molecular weight excluding hydrogens is 376 g/mol. The second-order valence-corrected chi connectivity index (χ2v) is 7.90. The van der Waals surface area contributed by atoms with Gasteiger partial charge in [0.1, 0.15) is 5.75 Å². The number of esters is 1. The van der Waals surface area contributed by atoms with Crippen molar-refractivity contribution in [2.24, 2.45) is 23.7 Å². The number of benzene rings is 1. The van der Waals surface area contributed by atoms with E-state index in [2.05, 4.69) is 5.32 Å². The first kappa shape index (κ1) is 19.4. The number of amides is 3. The van der Waals surface area contributed by atoms with E-state index in [1.165, 1.54) is 4.90 Å². The van der Waals surface area contributed by atoms with E-state index in [1.807, 2.05) is 0 Å². The lowest BCUT2D eigenvalue weighted by atomic mass is 9.81. The molecule has 1 N–H and O–H groups in total. The van der Waals surface area contributed by atoms with Crippen molar-refractivity contribution in [2.45, 2.75) is 25.7 Å². The van der Waals surface area contributed by atoms with Crippen molar-refractivity contribution < 1.29 is 28.7 Å². The van der Waals surface area contributed by atoms with Crippen LogP contribution in [0.3, 0.4) is 0 Å². The van der Waals surface area contributed by atoms with E-state index >= 15 is 0 Å². The Labute approximate surface area is 168 Å². The molecule has 3 amide bonds. The molecule has 2 aliphatic carbocycles. The zero-order chi connectivity index (χ0) is 20.5. The topological polar surface area (TPSA) is 102 Å². The number of hydrogen-bond acceptors (Lipinski definition) is 6. The highest BCUT2D eigenvalue weighted by atomic mass is 16.5. The molecule has 1 aliphatic heterocycles. The number of likely N-dealkylation sites (tertiary alicyclic amines) is 1. The molecule has 8 heteroatoms. The summed E-state index contributed by atoms with van der Waals surface area (Å²) >= 11 is 0. The summed E-state index contributed by atoms with van der Waals surface area (Å²) in [4.78, 5) is 50.3. The normalized spacial score (nSPS) is 27.1. The largest absolute Gasteiger partial charge is 0.497 e. The van der Waals surface area contributed by atoms with Gasteiger partial charge in [-0.15, -0.1) is 0 Å². The van der Waals surface area contributed by atoms with Gasteiger partial charge >= 0.3 is 5.97 Å². The number of fused-ring (bicyclic) bond motifs is 5. The minimum atomic E-state index is -0.615. The molecule has 29 heavy (non-hydrogen) atoms. The number of methoxy groups -OCH3 is 1. The van der Waals surface area contributed by atoms with Gasteiger partial charge in [-0.25, -0.2) is 0 Å². The molecule has 1 saturated heterocycles. The third-order valence-electron chi connectivity index (χ3n) is 6.30. The molecule has 0 radical (unpaired) electrons. The minimum absolute atomic E-state index is 0.0169. The average Bonchev–Trinajstić information content (AvgIpc) is 3.40. The highest BCUT2D eigenvalue weighted by Gasteiger charge is 2.60. The summed E-state index contributed by atoms with van der Waals surface area (Å²) in [5, 5.41) is 2.61. The number of imide groups is 1. The van der Waals surface area contributed by atoms with Crippen LogP contribution in [0.4, 0.5) is 5.69 Å². The lowest BCUT2D eigenvalue weighted by molar-refractivity contribution is -0.149. The quantitative estimate of drug-likeness (QED) is 0.551. The summed E-state index contributed by atoms with van der Waals surface area (Å²) in [6.45, 7) is -0.412. The molecule has 0 spiro atoms. The van der Waals surface area contributed by atoms with Crippen molar-refractivity contribution in [3.63, 3.8) is 0 Å². The highest BCUT2D eigenvalue weighted by Crippen LogP contribution is 2.56. The Morgan fingerprint density at radius 1 is 1.07 bits per heavy atom. The monoisotopic (exact) mass is 400 g/mol. The predicted molar refractivity (Wildman–Crippen MR) is 102 cm³/mol. The molecule has 8 nitrogen and oxygen atoms in total. The van der Waals surface area contributed by atoms with Crippen LogP contribution >= 0.6 is 0 Å². The van der Waals surface area contributed by atoms with Gasteiger partial charge < -0.3 is 14.8 Å². The Morgan fingerprint density at radius 2 is 1.69 bits per heavy atom. The summed E-state index contributed by atoms with van der Waals surface area (Å²) in [5.74, 6) is -0.439. The molecule has 1 aromatic carbocycles. The summed E-state index contributed by atoms with van der Waals surface area (Å²) in [5.41, 5.74) is 0.557. The Balaban J connectivity index is 1.21.